The Kier molecular flexibility index (Phi) is 2.74. The van der Waals surface area contributed by atoms with Gasteiger partial charge in [0, 0.05) is 24.5 Å². The standard InChI is InChI=1S/C10H13NO3/c1-3-10(2,9(13)14)11-6-4-8(12)5-7-11/h4-7H,3H2,1-2H3,(H,13,14). The first-order valence-electron chi connectivity index (χ1n) is 4.43. The number of hydrogen-bond donors (Lipinski definition) is 1. The minimum Gasteiger partial charge on any atom is -0.479 e. The zero-order valence-electron chi connectivity index (χ0n) is 8.23. The number of rotatable bonds is 3. The van der Waals surface area contributed by atoms with E-state index in [-0.39, 0.29) is 5.43 Å². The fourth-order valence-corrected chi connectivity index (χ4v) is 1.19. The van der Waals surface area contributed by atoms with Crippen LogP contribution >= 0.6 is 0 Å². The molecule has 0 spiro atoms. The fourth-order valence-electron chi connectivity index (χ4n) is 1.19. The van der Waals surface area contributed by atoms with Gasteiger partial charge in [-0.25, -0.2) is 4.79 Å². The van der Waals surface area contributed by atoms with Gasteiger partial charge in [-0.05, 0) is 13.3 Å². The van der Waals surface area contributed by atoms with Crippen LogP contribution in [-0.4, -0.2) is 15.6 Å². The van der Waals surface area contributed by atoms with Crippen LogP contribution in [0.2, 0.25) is 0 Å². The largest absolute Gasteiger partial charge is 0.479 e. The number of nitrogens with zero attached hydrogens (tertiary/aromatic N) is 1. The summed E-state index contributed by atoms with van der Waals surface area (Å²) in [6.07, 6.45) is 3.46. The van der Waals surface area contributed by atoms with Gasteiger partial charge in [0.15, 0.2) is 5.43 Å². The van der Waals surface area contributed by atoms with Crippen LogP contribution in [0.5, 0.6) is 0 Å². The number of carbonyl (C=O) groups is 1. The maximum Gasteiger partial charge on any atom is 0.329 e. The second-order valence-electron chi connectivity index (χ2n) is 3.37. The monoisotopic (exact) mass is 195 g/mol. The number of hydrogen-bond acceptors (Lipinski definition) is 2. The minimum atomic E-state index is -0.978. The summed E-state index contributed by atoms with van der Waals surface area (Å²) in [6, 6.07) is 2.72. The van der Waals surface area contributed by atoms with Crippen molar-refractivity contribution in [3.05, 3.63) is 34.7 Å². The van der Waals surface area contributed by atoms with Crippen LogP contribution in [0.25, 0.3) is 0 Å². The second-order valence-corrected chi connectivity index (χ2v) is 3.37. The molecule has 0 bridgehead atoms. The van der Waals surface area contributed by atoms with Crippen LogP contribution in [0.3, 0.4) is 0 Å². The third-order valence-electron chi connectivity index (χ3n) is 2.52. The molecule has 1 N–H and O–H groups in total. The lowest BCUT2D eigenvalue weighted by Gasteiger charge is -2.26. The first-order chi connectivity index (χ1) is 6.50. The highest BCUT2D eigenvalue weighted by Crippen LogP contribution is 2.19. The summed E-state index contributed by atoms with van der Waals surface area (Å²) in [6.45, 7) is 3.42. The van der Waals surface area contributed by atoms with E-state index in [1.807, 2.05) is 0 Å². The minimum absolute atomic E-state index is 0.120. The van der Waals surface area contributed by atoms with Crippen LogP contribution in [0.4, 0.5) is 0 Å². The second kappa shape index (κ2) is 3.65. The molecule has 1 atom stereocenters. The third-order valence-corrected chi connectivity index (χ3v) is 2.52. The smallest absolute Gasteiger partial charge is 0.329 e. The Morgan fingerprint density at radius 3 is 2.36 bits per heavy atom. The van der Waals surface area contributed by atoms with E-state index in [4.69, 9.17) is 5.11 Å². The molecule has 14 heavy (non-hydrogen) atoms. The molecule has 0 saturated heterocycles. The molecule has 1 aromatic rings. The van der Waals surface area contributed by atoms with Crippen LogP contribution in [0.15, 0.2) is 29.3 Å². The van der Waals surface area contributed by atoms with Gasteiger partial charge < -0.3 is 9.67 Å². The van der Waals surface area contributed by atoms with Gasteiger partial charge in [-0.2, -0.15) is 0 Å². The molecule has 76 valence electrons. The van der Waals surface area contributed by atoms with E-state index in [9.17, 15) is 9.59 Å². The zero-order chi connectivity index (χ0) is 10.8. The van der Waals surface area contributed by atoms with Crippen LogP contribution in [0.1, 0.15) is 20.3 Å². The molecule has 1 aromatic heterocycles. The number of pyridine rings is 1. The summed E-state index contributed by atoms with van der Waals surface area (Å²) < 4.78 is 1.54. The molecule has 1 unspecified atom stereocenters. The van der Waals surface area contributed by atoms with Gasteiger partial charge in [0.25, 0.3) is 0 Å². The lowest BCUT2D eigenvalue weighted by atomic mass is 9.99. The Hall–Kier alpha value is -1.58. The highest BCUT2D eigenvalue weighted by atomic mass is 16.4. The van der Waals surface area contributed by atoms with E-state index in [0.717, 1.165) is 0 Å². The molecular weight excluding hydrogens is 182 g/mol. The number of carboxylic acid groups (broad SMARTS) is 1. The molecule has 0 aliphatic carbocycles. The van der Waals surface area contributed by atoms with Crippen molar-refractivity contribution in [2.24, 2.45) is 0 Å². The van der Waals surface area contributed by atoms with Crippen molar-refractivity contribution in [1.82, 2.24) is 4.57 Å². The van der Waals surface area contributed by atoms with E-state index < -0.39 is 11.5 Å². The average Bonchev–Trinajstić information content (AvgIpc) is 2.17. The van der Waals surface area contributed by atoms with Gasteiger partial charge in [0.1, 0.15) is 5.54 Å². The van der Waals surface area contributed by atoms with Crippen LogP contribution < -0.4 is 5.43 Å². The van der Waals surface area contributed by atoms with Gasteiger partial charge in [0.05, 0.1) is 0 Å². The van der Waals surface area contributed by atoms with Crippen molar-refractivity contribution in [3.63, 3.8) is 0 Å². The van der Waals surface area contributed by atoms with Crippen molar-refractivity contribution >= 4 is 5.97 Å². The Bertz CT molecular complexity index is 376. The van der Waals surface area contributed by atoms with Crippen molar-refractivity contribution in [2.75, 3.05) is 0 Å². The summed E-state index contributed by atoms with van der Waals surface area (Å²) in [7, 11) is 0. The summed E-state index contributed by atoms with van der Waals surface area (Å²) >= 11 is 0. The van der Waals surface area contributed by atoms with Gasteiger partial charge >= 0.3 is 5.97 Å². The fraction of sp³-hybridized carbons (Fsp3) is 0.400. The number of carboxylic acids is 1. The molecule has 0 aliphatic heterocycles. The van der Waals surface area contributed by atoms with Gasteiger partial charge in [-0.3, -0.25) is 4.79 Å². The maximum atomic E-state index is 11.0. The quantitative estimate of drug-likeness (QED) is 0.784. The molecular formula is C10H13NO3. The predicted octanol–water partition coefficient (Wildman–Crippen LogP) is 1.06. The topological polar surface area (TPSA) is 59.3 Å². The number of aromatic nitrogens is 1. The molecule has 0 aliphatic rings. The summed E-state index contributed by atoms with van der Waals surface area (Å²) in [5.41, 5.74) is -1.10. The Morgan fingerprint density at radius 2 is 2.00 bits per heavy atom. The van der Waals surface area contributed by atoms with E-state index in [0.29, 0.717) is 6.42 Å². The molecule has 0 aromatic carbocycles. The first-order valence-corrected chi connectivity index (χ1v) is 4.43. The van der Waals surface area contributed by atoms with Crippen molar-refractivity contribution in [2.45, 2.75) is 25.8 Å². The maximum absolute atomic E-state index is 11.0. The van der Waals surface area contributed by atoms with Crippen molar-refractivity contribution in [3.8, 4) is 0 Å². The summed E-state index contributed by atoms with van der Waals surface area (Å²) in [4.78, 5) is 21.9. The highest BCUT2D eigenvalue weighted by Gasteiger charge is 2.31. The Morgan fingerprint density at radius 1 is 1.50 bits per heavy atom. The predicted molar refractivity (Wildman–Crippen MR) is 52.3 cm³/mol. The van der Waals surface area contributed by atoms with Crippen molar-refractivity contribution in [1.29, 1.82) is 0 Å². The molecule has 0 amide bonds. The highest BCUT2D eigenvalue weighted by molar-refractivity contribution is 5.76. The lowest BCUT2D eigenvalue weighted by molar-refractivity contribution is -0.146. The zero-order valence-corrected chi connectivity index (χ0v) is 8.23. The van der Waals surface area contributed by atoms with E-state index in [1.165, 1.54) is 29.1 Å². The van der Waals surface area contributed by atoms with Crippen molar-refractivity contribution < 1.29 is 9.90 Å². The van der Waals surface area contributed by atoms with E-state index in [1.54, 1.807) is 13.8 Å². The Labute approximate surface area is 81.8 Å². The van der Waals surface area contributed by atoms with E-state index >= 15 is 0 Å². The molecule has 0 fully saturated rings. The molecule has 4 heteroatoms. The van der Waals surface area contributed by atoms with Crippen LogP contribution in [-0.2, 0) is 10.3 Å². The summed E-state index contributed by atoms with van der Waals surface area (Å²) in [5, 5.41) is 9.06. The van der Waals surface area contributed by atoms with Crippen LogP contribution in [0, 0.1) is 0 Å². The average molecular weight is 195 g/mol. The third kappa shape index (κ3) is 1.69. The lowest BCUT2D eigenvalue weighted by Crippen LogP contribution is -2.38. The van der Waals surface area contributed by atoms with E-state index in [2.05, 4.69) is 0 Å². The number of aliphatic carboxylic acids is 1. The molecule has 4 nitrogen and oxygen atoms in total. The Balaban J connectivity index is 3.19. The molecule has 1 heterocycles. The first kappa shape index (κ1) is 10.5. The molecule has 0 saturated carbocycles. The molecule has 1 rings (SSSR count). The normalized spacial score (nSPS) is 14.7. The van der Waals surface area contributed by atoms with Gasteiger partial charge in [0.2, 0.25) is 0 Å². The van der Waals surface area contributed by atoms with Gasteiger partial charge in [-0.15, -0.1) is 0 Å². The SMILES string of the molecule is CCC(C)(C(=O)O)n1ccc(=O)cc1. The van der Waals surface area contributed by atoms with Gasteiger partial charge in [-0.1, -0.05) is 6.92 Å². The summed E-state index contributed by atoms with van der Waals surface area (Å²) in [5.74, 6) is -0.899. The molecule has 0 radical (unpaired) electrons.